The molecule has 1 aliphatic rings. The minimum absolute atomic E-state index is 0.170. The molecule has 9 heteroatoms. The molecule has 0 aliphatic carbocycles. The Morgan fingerprint density at radius 2 is 2.11 bits per heavy atom. The predicted octanol–water partition coefficient (Wildman–Crippen LogP) is 1.86. The highest BCUT2D eigenvalue weighted by atomic mass is 32.2. The van der Waals surface area contributed by atoms with Gasteiger partial charge in [0.05, 0.1) is 17.4 Å². The van der Waals surface area contributed by atoms with Crippen LogP contribution in [0.15, 0.2) is 23.1 Å². The van der Waals surface area contributed by atoms with Gasteiger partial charge in [-0.2, -0.15) is 4.31 Å². The minimum Gasteiger partial charge on any atom is -0.491 e. The highest BCUT2D eigenvalue weighted by Gasteiger charge is 2.40. The summed E-state index contributed by atoms with van der Waals surface area (Å²) in [6.45, 7) is 7.17. The second-order valence-electron chi connectivity index (χ2n) is 6.82. The van der Waals surface area contributed by atoms with Gasteiger partial charge in [0, 0.05) is 19.4 Å². The fourth-order valence-electron chi connectivity index (χ4n) is 2.61. The number of carbonyl (C=O) groups excluding carboxylic acids is 1. The number of methoxy groups -OCH3 is 1. The van der Waals surface area contributed by atoms with E-state index >= 15 is 0 Å². The lowest BCUT2D eigenvalue weighted by Crippen LogP contribution is -2.47. The third-order valence-corrected chi connectivity index (χ3v) is 7.15. The normalized spacial score (nSPS) is 18.0. The Morgan fingerprint density at radius 3 is 2.74 bits per heavy atom. The van der Waals surface area contributed by atoms with Crippen molar-refractivity contribution >= 4 is 27.7 Å². The molecule has 0 aromatic heterocycles. The Kier molecular flexibility index (Phi) is 7.96. The molecule has 1 aromatic carbocycles. The molecule has 0 saturated carbocycles. The van der Waals surface area contributed by atoms with Crippen LogP contribution in [-0.2, 0) is 19.6 Å². The zero-order valence-corrected chi connectivity index (χ0v) is 17.9. The number of rotatable bonds is 9. The van der Waals surface area contributed by atoms with Crippen molar-refractivity contribution in [3.05, 3.63) is 23.8 Å². The number of carbonyl (C=O) groups is 1. The zero-order valence-electron chi connectivity index (χ0n) is 16.2. The Morgan fingerprint density at radius 1 is 1.37 bits per heavy atom. The van der Waals surface area contributed by atoms with E-state index in [1.54, 1.807) is 26.2 Å². The summed E-state index contributed by atoms with van der Waals surface area (Å²) in [5.74, 6) is 1.41. The van der Waals surface area contributed by atoms with Crippen LogP contribution in [0.5, 0.6) is 5.75 Å². The number of aryl methyl sites for hydroxylation is 1. The van der Waals surface area contributed by atoms with Crippen LogP contribution in [0.1, 0.15) is 19.4 Å². The molecule has 1 aliphatic heterocycles. The quantitative estimate of drug-likeness (QED) is 0.619. The number of amides is 1. The first-order valence-electron chi connectivity index (χ1n) is 8.87. The Hall–Kier alpha value is -1.29. The Balaban J connectivity index is 2.16. The second kappa shape index (κ2) is 9.77. The van der Waals surface area contributed by atoms with Crippen LogP contribution in [-0.4, -0.2) is 63.2 Å². The maximum Gasteiger partial charge on any atom is 0.244 e. The summed E-state index contributed by atoms with van der Waals surface area (Å²) < 4.78 is 38.0. The van der Waals surface area contributed by atoms with Crippen molar-refractivity contribution in [1.82, 2.24) is 9.62 Å². The summed E-state index contributed by atoms with van der Waals surface area (Å²) in [6, 6.07) is 4.08. The number of hydrogen-bond acceptors (Lipinski definition) is 6. The molecule has 7 nitrogen and oxygen atoms in total. The van der Waals surface area contributed by atoms with Gasteiger partial charge in [0.2, 0.25) is 15.9 Å². The Bertz CT molecular complexity index is 752. The van der Waals surface area contributed by atoms with Crippen LogP contribution in [0.25, 0.3) is 0 Å². The van der Waals surface area contributed by atoms with Gasteiger partial charge in [-0.15, -0.1) is 11.8 Å². The largest absolute Gasteiger partial charge is 0.491 e. The molecule has 1 fully saturated rings. The second-order valence-corrected chi connectivity index (χ2v) is 9.71. The maximum absolute atomic E-state index is 13.1. The van der Waals surface area contributed by atoms with E-state index in [1.807, 2.05) is 13.8 Å². The molecule has 0 radical (unpaired) electrons. The van der Waals surface area contributed by atoms with Crippen LogP contribution < -0.4 is 10.1 Å². The van der Waals surface area contributed by atoms with Crippen molar-refractivity contribution in [2.45, 2.75) is 31.7 Å². The van der Waals surface area contributed by atoms with Crippen molar-refractivity contribution in [3.8, 4) is 5.75 Å². The number of thioether (sulfide) groups is 1. The minimum atomic E-state index is -3.76. The van der Waals surface area contributed by atoms with Crippen LogP contribution in [0, 0.1) is 12.8 Å². The fraction of sp³-hybridized carbons (Fsp3) is 0.611. The molecule has 0 spiro atoms. The molecule has 152 valence electrons. The lowest BCUT2D eigenvalue weighted by molar-refractivity contribution is -0.123. The van der Waals surface area contributed by atoms with Crippen LogP contribution >= 0.6 is 11.8 Å². The van der Waals surface area contributed by atoms with Gasteiger partial charge in [0.1, 0.15) is 18.4 Å². The summed E-state index contributed by atoms with van der Waals surface area (Å²) in [6.07, 6.45) is 0. The van der Waals surface area contributed by atoms with E-state index in [-0.39, 0.29) is 16.7 Å². The van der Waals surface area contributed by atoms with Crippen LogP contribution in [0.3, 0.4) is 0 Å². The third-order valence-electron chi connectivity index (χ3n) is 4.13. The Labute approximate surface area is 165 Å². The van der Waals surface area contributed by atoms with Crippen molar-refractivity contribution in [2.24, 2.45) is 5.92 Å². The highest BCUT2D eigenvalue weighted by Crippen LogP contribution is 2.30. The van der Waals surface area contributed by atoms with Crippen molar-refractivity contribution in [3.63, 3.8) is 0 Å². The van der Waals surface area contributed by atoms with Crippen molar-refractivity contribution in [1.29, 1.82) is 0 Å². The number of nitrogens with one attached hydrogen (secondary N) is 1. The summed E-state index contributed by atoms with van der Waals surface area (Å²) >= 11 is 1.44. The number of ether oxygens (including phenoxy) is 2. The van der Waals surface area contributed by atoms with Crippen molar-refractivity contribution in [2.75, 3.05) is 38.5 Å². The highest BCUT2D eigenvalue weighted by molar-refractivity contribution is 8.00. The number of nitrogens with zero attached hydrogens (tertiary/aromatic N) is 1. The lowest BCUT2D eigenvalue weighted by Gasteiger charge is -2.23. The molecule has 1 saturated heterocycles. The van der Waals surface area contributed by atoms with Gasteiger partial charge in [-0.05, 0) is 36.6 Å². The van der Waals surface area contributed by atoms with Gasteiger partial charge in [-0.3, -0.25) is 4.79 Å². The van der Waals surface area contributed by atoms with E-state index in [0.717, 1.165) is 5.56 Å². The molecular weight excluding hydrogens is 388 g/mol. The van der Waals surface area contributed by atoms with Gasteiger partial charge in [-0.1, -0.05) is 13.8 Å². The summed E-state index contributed by atoms with van der Waals surface area (Å²) in [5, 5.41) is 2.84. The summed E-state index contributed by atoms with van der Waals surface area (Å²) in [4.78, 5) is 12.6. The molecule has 1 atom stereocenters. The standard InChI is InChI=1S/C18H28N2O5S2/c1-13(2)10-19-18(21)16-11-26-12-20(16)27(22,23)15-5-6-17(14(3)9-15)25-8-7-24-4/h5-6,9,13,16H,7-8,10-12H2,1-4H3,(H,19,21). The van der Waals surface area contributed by atoms with Gasteiger partial charge >= 0.3 is 0 Å². The first-order valence-corrected chi connectivity index (χ1v) is 11.5. The molecule has 2 rings (SSSR count). The maximum atomic E-state index is 13.1. The SMILES string of the molecule is COCCOc1ccc(S(=O)(=O)N2CSCC2C(=O)NCC(C)C)cc1C. The molecule has 1 heterocycles. The summed E-state index contributed by atoms with van der Waals surface area (Å²) in [7, 11) is -2.17. The first kappa shape index (κ1) is 22.0. The lowest BCUT2D eigenvalue weighted by atomic mass is 10.2. The fourth-order valence-corrected chi connectivity index (χ4v) is 5.84. The van der Waals surface area contributed by atoms with E-state index in [0.29, 0.717) is 37.2 Å². The number of hydrogen-bond donors (Lipinski definition) is 1. The van der Waals surface area contributed by atoms with Crippen molar-refractivity contribution < 1.29 is 22.7 Å². The van der Waals surface area contributed by atoms with E-state index in [4.69, 9.17) is 9.47 Å². The summed E-state index contributed by atoms with van der Waals surface area (Å²) in [5.41, 5.74) is 0.722. The molecule has 1 aromatic rings. The molecule has 1 N–H and O–H groups in total. The van der Waals surface area contributed by atoms with Gasteiger partial charge in [0.15, 0.2) is 0 Å². The van der Waals surface area contributed by atoms with E-state index < -0.39 is 16.1 Å². The van der Waals surface area contributed by atoms with E-state index in [2.05, 4.69) is 5.32 Å². The zero-order chi connectivity index (χ0) is 20.0. The number of sulfonamides is 1. The van der Waals surface area contributed by atoms with Gasteiger partial charge < -0.3 is 14.8 Å². The van der Waals surface area contributed by atoms with E-state index in [1.165, 1.54) is 22.1 Å². The van der Waals surface area contributed by atoms with Gasteiger partial charge in [-0.25, -0.2) is 8.42 Å². The molecule has 1 amide bonds. The third kappa shape index (κ3) is 5.60. The molecular formula is C18H28N2O5S2. The predicted molar refractivity (Wildman–Crippen MR) is 107 cm³/mol. The average Bonchev–Trinajstić information content (AvgIpc) is 3.11. The molecule has 27 heavy (non-hydrogen) atoms. The molecule has 0 bridgehead atoms. The molecule has 1 unspecified atom stereocenters. The first-order chi connectivity index (χ1) is 12.8. The van der Waals surface area contributed by atoms with E-state index in [9.17, 15) is 13.2 Å². The topological polar surface area (TPSA) is 84.9 Å². The smallest absolute Gasteiger partial charge is 0.244 e. The average molecular weight is 417 g/mol. The van der Waals surface area contributed by atoms with Crippen LogP contribution in [0.4, 0.5) is 0 Å². The van der Waals surface area contributed by atoms with Gasteiger partial charge in [0.25, 0.3) is 0 Å². The van der Waals surface area contributed by atoms with Crippen LogP contribution in [0.2, 0.25) is 0 Å². The monoisotopic (exact) mass is 416 g/mol. The number of benzene rings is 1.